The quantitative estimate of drug-likeness (QED) is 0.265. The molecule has 54 heavy (non-hydrogen) atoms. The standard InChI is InChI=1S/C46H60O8/c1-25-7-9-31-28(19-25)20-26(2)41-34-11-12-37(44(34,5)22-27(3)40(31)41)54-39(51)14-13-38(50)53-24-36(49)46(52)18-16-33-32-10-8-29-21-30(47)15-17-43(29,4)42(32)35(48)23-45(33,46)6/h15,17,19,21,26-27,31-34,37,40-42,52H,1,7-14,16,18,20,22-24H2,2-6H3/t26-,27+,31?,32?,33?,34?,37+,40?,41?,42?,43+,44+,45+,46+/m1/s1. The van der Waals surface area contributed by atoms with Gasteiger partial charge in [-0.05, 0) is 124 Å². The molecule has 8 rings (SSSR count). The molecule has 14 atom stereocenters. The number of aliphatic hydroxyl groups is 1. The largest absolute Gasteiger partial charge is 0.462 e. The number of Topliss-reactive ketones (excluding diaryl/α,β-unsaturated/α-hetero) is 2. The number of ketones is 3. The average Bonchev–Trinajstić information content (AvgIpc) is 3.57. The number of hydrogen-bond donors (Lipinski definition) is 1. The Morgan fingerprint density at radius 1 is 0.907 bits per heavy atom. The lowest BCUT2D eigenvalue weighted by molar-refractivity contribution is -0.173. The summed E-state index contributed by atoms with van der Waals surface area (Å²) >= 11 is 0. The Bertz CT molecular complexity index is 1770. The van der Waals surface area contributed by atoms with Crippen molar-refractivity contribution >= 4 is 29.3 Å². The lowest BCUT2D eigenvalue weighted by Crippen LogP contribution is -2.60. The molecule has 6 saturated carbocycles. The van der Waals surface area contributed by atoms with Crippen molar-refractivity contribution in [2.75, 3.05) is 6.61 Å². The molecule has 8 aliphatic rings. The fourth-order valence-corrected chi connectivity index (χ4v) is 14.6. The summed E-state index contributed by atoms with van der Waals surface area (Å²) in [5.41, 5.74) is 0.462. The van der Waals surface area contributed by atoms with Crippen LogP contribution in [-0.2, 0) is 33.4 Å². The molecule has 8 nitrogen and oxygen atoms in total. The summed E-state index contributed by atoms with van der Waals surface area (Å²) in [7, 11) is 0. The van der Waals surface area contributed by atoms with Crippen LogP contribution in [0.25, 0.3) is 0 Å². The zero-order valence-corrected chi connectivity index (χ0v) is 33.0. The third-order valence-corrected chi connectivity index (χ3v) is 17.0. The molecule has 0 amide bonds. The predicted molar refractivity (Wildman–Crippen MR) is 202 cm³/mol. The number of hydrogen-bond acceptors (Lipinski definition) is 8. The third kappa shape index (κ3) is 5.64. The minimum absolute atomic E-state index is 0.00908. The summed E-state index contributed by atoms with van der Waals surface area (Å²) in [4.78, 5) is 65.9. The second kappa shape index (κ2) is 13.2. The van der Waals surface area contributed by atoms with Crippen molar-refractivity contribution in [2.45, 2.75) is 130 Å². The minimum atomic E-state index is -1.79. The molecule has 8 aliphatic carbocycles. The third-order valence-electron chi connectivity index (χ3n) is 17.0. The highest BCUT2D eigenvalue weighted by Gasteiger charge is 2.68. The Kier molecular flexibility index (Phi) is 9.26. The number of ether oxygens (including phenoxy) is 2. The van der Waals surface area contributed by atoms with Gasteiger partial charge in [0.1, 0.15) is 17.5 Å². The highest BCUT2D eigenvalue weighted by atomic mass is 16.5. The first-order valence-corrected chi connectivity index (χ1v) is 21.0. The van der Waals surface area contributed by atoms with Crippen LogP contribution in [-0.4, -0.2) is 52.7 Å². The van der Waals surface area contributed by atoms with Crippen LogP contribution < -0.4 is 0 Å². The Morgan fingerprint density at radius 2 is 1.67 bits per heavy atom. The summed E-state index contributed by atoms with van der Waals surface area (Å²) in [5.74, 6) is 1.44. The van der Waals surface area contributed by atoms with Crippen LogP contribution in [0.2, 0.25) is 0 Å². The van der Waals surface area contributed by atoms with Crippen molar-refractivity contribution in [3.8, 4) is 0 Å². The molecule has 0 heterocycles. The fourth-order valence-electron chi connectivity index (χ4n) is 14.6. The van der Waals surface area contributed by atoms with Crippen molar-refractivity contribution < 1.29 is 38.6 Å². The van der Waals surface area contributed by atoms with E-state index in [2.05, 4.69) is 33.4 Å². The Morgan fingerprint density at radius 3 is 2.44 bits per heavy atom. The fraction of sp³-hybridized carbons (Fsp3) is 0.717. The zero-order chi connectivity index (χ0) is 38.5. The lowest BCUT2D eigenvalue weighted by atomic mass is 9.46. The number of carbonyl (C=O) groups excluding carboxylic acids is 5. The van der Waals surface area contributed by atoms with Crippen molar-refractivity contribution in [3.63, 3.8) is 0 Å². The number of esters is 2. The van der Waals surface area contributed by atoms with Gasteiger partial charge in [0.2, 0.25) is 5.78 Å². The van der Waals surface area contributed by atoms with Crippen molar-refractivity contribution in [3.05, 3.63) is 47.6 Å². The first-order chi connectivity index (χ1) is 25.5. The van der Waals surface area contributed by atoms with Gasteiger partial charge in [0.05, 0.1) is 12.8 Å². The van der Waals surface area contributed by atoms with Crippen LogP contribution in [0.4, 0.5) is 0 Å². The van der Waals surface area contributed by atoms with Gasteiger partial charge in [0, 0.05) is 28.6 Å². The summed E-state index contributed by atoms with van der Waals surface area (Å²) < 4.78 is 11.6. The normalized spacial score (nSPS) is 46.1. The zero-order valence-electron chi connectivity index (χ0n) is 33.0. The van der Waals surface area contributed by atoms with Gasteiger partial charge in [-0.15, -0.1) is 0 Å². The molecule has 7 unspecified atom stereocenters. The number of allylic oxidation sites excluding steroid dienone is 7. The molecule has 0 bridgehead atoms. The van der Waals surface area contributed by atoms with Gasteiger partial charge in [0.15, 0.2) is 12.4 Å². The topological polar surface area (TPSA) is 124 Å². The predicted octanol–water partition coefficient (Wildman–Crippen LogP) is 7.63. The number of carbonyl (C=O) groups is 5. The van der Waals surface area contributed by atoms with Gasteiger partial charge in [-0.1, -0.05) is 70.1 Å². The van der Waals surface area contributed by atoms with E-state index in [-0.39, 0.29) is 66.5 Å². The van der Waals surface area contributed by atoms with E-state index in [0.29, 0.717) is 48.3 Å². The van der Waals surface area contributed by atoms with Gasteiger partial charge in [-0.3, -0.25) is 24.0 Å². The maximum atomic E-state index is 13.9. The maximum Gasteiger partial charge on any atom is 0.306 e. The van der Waals surface area contributed by atoms with Crippen molar-refractivity contribution in [2.24, 2.45) is 69.5 Å². The van der Waals surface area contributed by atoms with E-state index in [1.807, 2.05) is 19.9 Å². The monoisotopic (exact) mass is 740 g/mol. The van der Waals surface area contributed by atoms with E-state index in [9.17, 15) is 29.1 Å². The molecule has 0 aromatic carbocycles. The molecule has 6 fully saturated rings. The molecule has 0 aliphatic heterocycles. The van der Waals surface area contributed by atoms with E-state index in [0.717, 1.165) is 44.1 Å². The van der Waals surface area contributed by atoms with Gasteiger partial charge in [-0.25, -0.2) is 0 Å². The summed E-state index contributed by atoms with van der Waals surface area (Å²) in [6.07, 6.45) is 15.6. The number of fused-ring (bicyclic) bond motifs is 10. The van der Waals surface area contributed by atoms with Crippen LogP contribution in [0, 0.1) is 69.5 Å². The van der Waals surface area contributed by atoms with Gasteiger partial charge in [0.25, 0.3) is 0 Å². The van der Waals surface area contributed by atoms with Crippen LogP contribution in [0.15, 0.2) is 47.6 Å². The minimum Gasteiger partial charge on any atom is -0.462 e. The smallest absolute Gasteiger partial charge is 0.306 e. The molecule has 1 N–H and O–H groups in total. The molecular weight excluding hydrogens is 680 g/mol. The number of rotatable bonds is 7. The second-order valence-corrected chi connectivity index (χ2v) is 19.7. The van der Waals surface area contributed by atoms with Crippen LogP contribution in [0.1, 0.15) is 118 Å². The SMILES string of the molecule is C=C1C=C2C[C@@H](C)C3C(C2CC1)[C@@H](C)C[C@@]1(C)C3CC[C@@H]1OC(=O)CCC(=O)OCC(=O)[C@@]1(O)CCC2C3CCC4=CC(=O)C=C[C@]4(C)C3C(=O)C[C@@]21C. The van der Waals surface area contributed by atoms with Crippen molar-refractivity contribution in [1.82, 2.24) is 0 Å². The van der Waals surface area contributed by atoms with E-state index >= 15 is 0 Å². The molecule has 8 heteroatoms. The van der Waals surface area contributed by atoms with Crippen molar-refractivity contribution in [1.29, 1.82) is 0 Å². The average molecular weight is 741 g/mol. The van der Waals surface area contributed by atoms with E-state index in [1.54, 1.807) is 17.7 Å². The van der Waals surface area contributed by atoms with Crippen LogP contribution >= 0.6 is 0 Å². The molecule has 292 valence electrons. The van der Waals surface area contributed by atoms with Crippen LogP contribution in [0.5, 0.6) is 0 Å². The van der Waals surface area contributed by atoms with Gasteiger partial charge < -0.3 is 14.6 Å². The molecule has 0 radical (unpaired) electrons. The molecule has 0 aromatic rings. The first kappa shape index (κ1) is 37.8. The summed E-state index contributed by atoms with van der Waals surface area (Å²) in [6, 6.07) is 0. The Hall–Kier alpha value is -3.13. The van der Waals surface area contributed by atoms with E-state index in [4.69, 9.17) is 9.47 Å². The molecule has 0 saturated heterocycles. The summed E-state index contributed by atoms with van der Waals surface area (Å²) in [5, 5.41) is 12.0. The van der Waals surface area contributed by atoms with Crippen LogP contribution in [0.3, 0.4) is 0 Å². The maximum absolute atomic E-state index is 13.9. The first-order valence-electron chi connectivity index (χ1n) is 21.0. The van der Waals surface area contributed by atoms with E-state index < -0.39 is 40.8 Å². The Balaban J connectivity index is 0.852. The molecular formula is C46H60O8. The van der Waals surface area contributed by atoms with E-state index in [1.165, 1.54) is 12.0 Å². The lowest BCUT2D eigenvalue weighted by Gasteiger charge is -2.58. The summed E-state index contributed by atoms with van der Waals surface area (Å²) in [6.45, 7) is 14.7. The molecule has 0 aromatic heterocycles. The Labute approximate surface area is 320 Å². The highest BCUT2D eigenvalue weighted by molar-refractivity contribution is 6.02. The van der Waals surface area contributed by atoms with Gasteiger partial charge in [-0.2, -0.15) is 0 Å². The highest BCUT2D eigenvalue weighted by Crippen LogP contribution is 2.67. The van der Waals surface area contributed by atoms with Gasteiger partial charge >= 0.3 is 11.9 Å². The molecule has 0 spiro atoms. The second-order valence-electron chi connectivity index (χ2n) is 19.7.